The Bertz CT molecular complexity index is 524. The average Bonchev–Trinajstić information content (AvgIpc) is 2.97. The molecule has 3 heterocycles. The first-order chi connectivity index (χ1) is 8.24. The fraction of sp³-hybridized carbons (Fsp3) is 0.455. The second-order valence-corrected chi connectivity index (χ2v) is 6.66. The molecular weight excluding hydrogens is 302 g/mol. The fourth-order valence-electron chi connectivity index (χ4n) is 2.12. The first kappa shape index (κ1) is 11.4. The quantitative estimate of drug-likeness (QED) is 0.926. The number of halogens is 1. The van der Waals surface area contributed by atoms with Crippen LogP contribution in [0.25, 0.3) is 10.7 Å². The van der Waals surface area contributed by atoms with Crippen LogP contribution in [0.5, 0.6) is 0 Å². The summed E-state index contributed by atoms with van der Waals surface area (Å²) in [6, 6.07) is 4.41. The zero-order chi connectivity index (χ0) is 11.8. The maximum Gasteiger partial charge on any atom is 0.231 e. The molecule has 0 bridgehead atoms. The number of aromatic nitrogens is 2. The van der Waals surface area contributed by atoms with Gasteiger partial charge in [0.1, 0.15) is 0 Å². The third kappa shape index (κ3) is 2.17. The molecule has 6 heteroatoms. The molecule has 0 aliphatic carbocycles. The lowest BCUT2D eigenvalue weighted by Gasteiger charge is -2.08. The van der Waals surface area contributed by atoms with Crippen molar-refractivity contribution in [1.29, 1.82) is 0 Å². The maximum absolute atomic E-state index is 5.37. The molecule has 1 saturated heterocycles. The normalized spacial score (nSPS) is 24.4. The molecule has 0 aromatic carbocycles. The van der Waals surface area contributed by atoms with Gasteiger partial charge in [-0.25, -0.2) is 0 Å². The molecule has 2 atom stereocenters. The van der Waals surface area contributed by atoms with E-state index in [1.807, 2.05) is 12.1 Å². The summed E-state index contributed by atoms with van der Waals surface area (Å²) in [6.45, 7) is 3.18. The van der Waals surface area contributed by atoms with E-state index in [2.05, 4.69) is 38.3 Å². The van der Waals surface area contributed by atoms with E-state index in [1.165, 1.54) is 0 Å². The Morgan fingerprint density at radius 2 is 2.41 bits per heavy atom. The summed E-state index contributed by atoms with van der Waals surface area (Å²) < 4.78 is 6.45. The van der Waals surface area contributed by atoms with Crippen LogP contribution in [0.4, 0.5) is 0 Å². The molecule has 1 N–H and O–H groups in total. The van der Waals surface area contributed by atoms with Crippen LogP contribution in [0, 0.1) is 0 Å². The van der Waals surface area contributed by atoms with Crippen molar-refractivity contribution in [1.82, 2.24) is 15.5 Å². The van der Waals surface area contributed by atoms with Gasteiger partial charge in [0.05, 0.1) is 14.6 Å². The SMILES string of the molecule is CC1NCCC1c1nc(-c2ccc(Br)s2)no1. The van der Waals surface area contributed by atoms with Crippen molar-refractivity contribution >= 4 is 27.3 Å². The number of hydrogen-bond acceptors (Lipinski definition) is 5. The smallest absolute Gasteiger partial charge is 0.231 e. The van der Waals surface area contributed by atoms with Gasteiger partial charge in [-0.05, 0) is 48.0 Å². The second kappa shape index (κ2) is 4.51. The topological polar surface area (TPSA) is 51.0 Å². The molecule has 0 spiro atoms. The molecule has 2 aromatic rings. The van der Waals surface area contributed by atoms with Gasteiger partial charge in [-0.15, -0.1) is 11.3 Å². The maximum atomic E-state index is 5.37. The van der Waals surface area contributed by atoms with Crippen LogP contribution in [-0.4, -0.2) is 22.7 Å². The first-order valence-electron chi connectivity index (χ1n) is 5.57. The Hall–Kier alpha value is -0.720. The Morgan fingerprint density at radius 3 is 3.06 bits per heavy atom. The Morgan fingerprint density at radius 1 is 1.53 bits per heavy atom. The highest BCUT2D eigenvalue weighted by molar-refractivity contribution is 9.11. The zero-order valence-electron chi connectivity index (χ0n) is 9.31. The molecule has 3 rings (SSSR count). The summed E-state index contributed by atoms with van der Waals surface area (Å²) in [6.07, 6.45) is 1.07. The first-order valence-corrected chi connectivity index (χ1v) is 7.17. The molecule has 1 fully saturated rings. The van der Waals surface area contributed by atoms with Crippen LogP contribution in [0.1, 0.15) is 25.2 Å². The number of nitrogens with zero attached hydrogens (tertiary/aromatic N) is 2. The fourth-order valence-corrected chi connectivity index (χ4v) is 3.43. The van der Waals surface area contributed by atoms with Gasteiger partial charge in [0.25, 0.3) is 0 Å². The summed E-state index contributed by atoms with van der Waals surface area (Å²) >= 11 is 5.05. The van der Waals surface area contributed by atoms with Crippen LogP contribution in [0.2, 0.25) is 0 Å². The third-order valence-electron chi connectivity index (χ3n) is 3.08. The molecule has 2 unspecified atom stereocenters. The van der Waals surface area contributed by atoms with Crippen LogP contribution in [0.15, 0.2) is 20.4 Å². The van der Waals surface area contributed by atoms with Crippen molar-refractivity contribution in [2.24, 2.45) is 0 Å². The van der Waals surface area contributed by atoms with Gasteiger partial charge in [0.15, 0.2) is 0 Å². The van der Waals surface area contributed by atoms with Crippen LogP contribution < -0.4 is 5.32 Å². The monoisotopic (exact) mass is 313 g/mol. The summed E-state index contributed by atoms with van der Waals surface area (Å²) in [5.41, 5.74) is 0. The molecular formula is C11H12BrN3OS. The van der Waals surface area contributed by atoms with E-state index in [0.29, 0.717) is 17.8 Å². The van der Waals surface area contributed by atoms with E-state index >= 15 is 0 Å². The lowest BCUT2D eigenvalue weighted by Crippen LogP contribution is -2.21. The highest BCUT2D eigenvalue weighted by atomic mass is 79.9. The minimum atomic E-state index is 0.347. The van der Waals surface area contributed by atoms with E-state index in [4.69, 9.17) is 4.52 Å². The van der Waals surface area contributed by atoms with Crippen LogP contribution in [0.3, 0.4) is 0 Å². The van der Waals surface area contributed by atoms with Crippen molar-refractivity contribution in [3.8, 4) is 10.7 Å². The third-order valence-corrected chi connectivity index (χ3v) is 4.70. The number of rotatable bonds is 2. The van der Waals surface area contributed by atoms with Crippen molar-refractivity contribution < 1.29 is 4.52 Å². The zero-order valence-corrected chi connectivity index (χ0v) is 11.7. The number of hydrogen-bond donors (Lipinski definition) is 1. The van der Waals surface area contributed by atoms with Crippen molar-refractivity contribution in [3.05, 3.63) is 21.8 Å². The van der Waals surface area contributed by atoms with E-state index in [1.54, 1.807) is 11.3 Å². The lowest BCUT2D eigenvalue weighted by atomic mass is 10.0. The standard InChI is InChI=1S/C11H12BrN3OS/c1-6-7(4-5-13-6)11-14-10(15-16-11)8-2-3-9(12)17-8/h2-3,6-7,13H,4-5H2,1H3. The van der Waals surface area contributed by atoms with Crippen molar-refractivity contribution in [2.45, 2.75) is 25.3 Å². The summed E-state index contributed by atoms with van der Waals surface area (Å²) in [5, 5.41) is 7.44. The molecule has 1 aliphatic heterocycles. The molecule has 0 amide bonds. The van der Waals surface area contributed by atoms with Gasteiger partial charge in [-0.3, -0.25) is 0 Å². The minimum absolute atomic E-state index is 0.347. The van der Waals surface area contributed by atoms with E-state index < -0.39 is 0 Å². The van der Waals surface area contributed by atoms with Gasteiger partial charge in [-0.1, -0.05) is 5.16 Å². The van der Waals surface area contributed by atoms with Gasteiger partial charge < -0.3 is 9.84 Å². The van der Waals surface area contributed by atoms with E-state index in [9.17, 15) is 0 Å². The minimum Gasteiger partial charge on any atom is -0.339 e. The van der Waals surface area contributed by atoms with Gasteiger partial charge in [-0.2, -0.15) is 4.98 Å². The molecule has 17 heavy (non-hydrogen) atoms. The molecule has 0 saturated carbocycles. The summed E-state index contributed by atoms with van der Waals surface area (Å²) in [7, 11) is 0. The van der Waals surface area contributed by atoms with Crippen molar-refractivity contribution in [2.75, 3.05) is 6.54 Å². The molecule has 90 valence electrons. The Labute approximate surface area is 112 Å². The molecule has 1 aliphatic rings. The van der Waals surface area contributed by atoms with Crippen molar-refractivity contribution in [3.63, 3.8) is 0 Å². The van der Waals surface area contributed by atoms with Crippen LogP contribution >= 0.6 is 27.3 Å². The number of nitrogens with one attached hydrogen (secondary N) is 1. The molecule has 2 aromatic heterocycles. The number of thiophene rings is 1. The predicted molar refractivity (Wildman–Crippen MR) is 70.1 cm³/mol. The van der Waals surface area contributed by atoms with E-state index in [0.717, 1.165) is 27.5 Å². The highest BCUT2D eigenvalue weighted by Gasteiger charge is 2.29. The van der Waals surface area contributed by atoms with E-state index in [-0.39, 0.29) is 0 Å². The predicted octanol–water partition coefficient (Wildman–Crippen LogP) is 3.03. The van der Waals surface area contributed by atoms with Gasteiger partial charge in [0.2, 0.25) is 11.7 Å². The molecule has 4 nitrogen and oxygen atoms in total. The summed E-state index contributed by atoms with van der Waals surface area (Å²) in [4.78, 5) is 5.53. The van der Waals surface area contributed by atoms with Crippen LogP contribution in [-0.2, 0) is 0 Å². The van der Waals surface area contributed by atoms with Gasteiger partial charge in [0, 0.05) is 6.04 Å². The Kier molecular flexibility index (Phi) is 3.02. The second-order valence-electron chi connectivity index (χ2n) is 4.20. The highest BCUT2D eigenvalue weighted by Crippen LogP contribution is 2.32. The Balaban J connectivity index is 1.87. The lowest BCUT2D eigenvalue weighted by molar-refractivity contribution is 0.345. The molecule has 0 radical (unpaired) electrons. The largest absolute Gasteiger partial charge is 0.339 e. The summed E-state index contributed by atoms with van der Waals surface area (Å²) in [5.74, 6) is 1.79. The average molecular weight is 314 g/mol. The van der Waals surface area contributed by atoms with Gasteiger partial charge >= 0.3 is 0 Å².